The van der Waals surface area contributed by atoms with Gasteiger partial charge in [0.1, 0.15) is 0 Å². The zero-order chi connectivity index (χ0) is 15.9. The van der Waals surface area contributed by atoms with Gasteiger partial charge >= 0.3 is 0 Å². The number of halogens is 1. The molecule has 0 saturated carbocycles. The minimum Gasteiger partial charge on any atom is -0.352 e. The van der Waals surface area contributed by atoms with Gasteiger partial charge in [-0.1, -0.05) is 29.8 Å². The summed E-state index contributed by atoms with van der Waals surface area (Å²) in [5.41, 5.74) is 3.42. The van der Waals surface area contributed by atoms with Crippen molar-refractivity contribution in [2.24, 2.45) is 0 Å². The Morgan fingerprint density at radius 2 is 2.12 bits per heavy atom. The van der Waals surface area contributed by atoms with Crippen LogP contribution in [0.2, 0.25) is 0 Å². The summed E-state index contributed by atoms with van der Waals surface area (Å²) in [5, 5.41) is 10.6. The Hall–Kier alpha value is -2.11. The lowest BCUT2D eigenvalue weighted by Crippen LogP contribution is -2.29. The van der Waals surface area contributed by atoms with Crippen LogP contribution in [0.25, 0.3) is 5.69 Å². The highest BCUT2D eigenvalue weighted by Crippen LogP contribution is 2.09. The largest absolute Gasteiger partial charge is 0.352 e. The summed E-state index contributed by atoms with van der Waals surface area (Å²) in [6.45, 7) is 2.58. The van der Waals surface area contributed by atoms with Crippen molar-refractivity contribution in [3.05, 3.63) is 59.9 Å². The Labute approximate surface area is 148 Å². The van der Waals surface area contributed by atoms with Crippen LogP contribution in [0.3, 0.4) is 0 Å². The Morgan fingerprint density at radius 1 is 1.29 bits per heavy atom. The second-order valence-electron chi connectivity index (χ2n) is 5.72. The molecule has 2 heterocycles. The number of carbonyl (C=O) groups is 1. The Balaban J connectivity index is 0.00000208. The molecule has 1 aromatic carbocycles. The van der Waals surface area contributed by atoms with Gasteiger partial charge in [0.15, 0.2) is 0 Å². The number of aryl methyl sites for hydroxylation is 1. The van der Waals surface area contributed by atoms with Crippen molar-refractivity contribution in [2.75, 3.05) is 19.6 Å². The Morgan fingerprint density at radius 3 is 2.88 bits per heavy atom. The lowest BCUT2D eigenvalue weighted by atomic mass is 10.1. The first kappa shape index (κ1) is 18.2. The van der Waals surface area contributed by atoms with Gasteiger partial charge < -0.3 is 10.6 Å². The Kier molecular flexibility index (Phi) is 7.03. The third kappa shape index (κ3) is 5.22. The monoisotopic (exact) mass is 346 g/mol. The molecule has 2 aromatic rings. The lowest BCUT2D eigenvalue weighted by molar-refractivity contribution is -0.120. The maximum atomic E-state index is 12.0. The lowest BCUT2D eigenvalue weighted by Gasteiger charge is -2.14. The summed E-state index contributed by atoms with van der Waals surface area (Å²) in [6, 6.07) is 9.97. The molecular formula is C18H23ClN4O. The van der Waals surface area contributed by atoms with Crippen LogP contribution < -0.4 is 10.6 Å². The molecule has 1 aliphatic rings. The first-order valence-electron chi connectivity index (χ1n) is 8.05. The van der Waals surface area contributed by atoms with Crippen molar-refractivity contribution in [3.8, 4) is 5.69 Å². The smallest absolute Gasteiger partial charge is 0.220 e. The highest BCUT2D eigenvalue weighted by molar-refractivity contribution is 5.85. The number of hydrogen-bond donors (Lipinski definition) is 2. The number of benzene rings is 1. The SMILES string of the molecule is Cl.O=C(CCc1cnn(-c2ccccc2)c1)NCC1=CCNCC1. The van der Waals surface area contributed by atoms with E-state index in [0.29, 0.717) is 19.4 Å². The topological polar surface area (TPSA) is 59.0 Å². The maximum Gasteiger partial charge on any atom is 0.220 e. The van der Waals surface area contributed by atoms with E-state index in [9.17, 15) is 4.79 Å². The van der Waals surface area contributed by atoms with Gasteiger partial charge in [0.2, 0.25) is 5.91 Å². The van der Waals surface area contributed by atoms with Crippen LogP contribution in [0.15, 0.2) is 54.4 Å². The molecule has 0 atom stereocenters. The van der Waals surface area contributed by atoms with E-state index in [1.54, 1.807) is 0 Å². The molecule has 2 N–H and O–H groups in total. The molecule has 6 heteroatoms. The van der Waals surface area contributed by atoms with Crippen LogP contribution in [0.1, 0.15) is 18.4 Å². The standard InChI is InChI=1S/C18H22N4O.ClH/c23-18(20-12-15-8-10-19-11-9-15)7-6-16-13-21-22(14-16)17-4-2-1-3-5-17;/h1-5,8,13-14,19H,6-7,9-12H2,(H,20,23);1H. The van der Waals surface area contributed by atoms with Crippen molar-refractivity contribution < 1.29 is 4.79 Å². The van der Waals surface area contributed by atoms with E-state index in [-0.39, 0.29) is 18.3 Å². The number of para-hydroxylation sites is 1. The summed E-state index contributed by atoms with van der Waals surface area (Å²) in [7, 11) is 0. The van der Waals surface area contributed by atoms with Gasteiger partial charge in [-0.05, 0) is 37.1 Å². The van der Waals surface area contributed by atoms with Crippen LogP contribution in [0.4, 0.5) is 0 Å². The summed E-state index contributed by atoms with van der Waals surface area (Å²) in [4.78, 5) is 12.0. The number of carbonyl (C=O) groups excluding carboxylic acids is 1. The molecule has 0 bridgehead atoms. The van der Waals surface area contributed by atoms with Crippen LogP contribution in [0.5, 0.6) is 0 Å². The minimum absolute atomic E-state index is 0. The molecule has 0 unspecified atom stereocenters. The van der Waals surface area contributed by atoms with E-state index in [4.69, 9.17) is 0 Å². The zero-order valence-corrected chi connectivity index (χ0v) is 14.4. The molecule has 128 valence electrons. The number of nitrogens with zero attached hydrogens (tertiary/aromatic N) is 2. The summed E-state index contributed by atoms with van der Waals surface area (Å²) in [5.74, 6) is 0.0943. The molecule has 1 amide bonds. The first-order chi connectivity index (χ1) is 11.3. The second kappa shape index (κ2) is 9.25. The van der Waals surface area contributed by atoms with Crippen molar-refractivity contribution in [2.45, 2.75) is 19.3 Å². The molecule has 1 aromatic heterocycles. The number of hydrogen-bond acceptors (Lipinski definition) is 3. The molecule has 0 fully saturated rings. The van der Waals surface area contributed by atoms with Gasteiger partial charge in [-0.25, -0.2) is 4.68 Å². The van der Waals surface area contributed by atoms with E-state index in [1.165, 1.54) is 5.57 Å². The summed E-state index contributed by atoms with van der Waals surface area (Å²) < 4.78 is 1.84. The van der Waals surface area contributed by atoms with Gasteiger partial charge in [0.25, 0.3) is 0 Å². The summed E-state index contributed by atoms with van der Waals surface area (Å²) >= 11 is 0. The fraction of sp³-hybridized carbons (Fsp3) is 0.333. The minimum atomic E-state index is 0. The number of nitrogens with one attached hydrogen (secondary N) is 2. The van der Waals surface area contributed by atoms with Gasteiger partial charge in [0, 0.05) is 25.7 Å². The summed E-state index contributed by atoms with van der Waals surface area (Å²) in [6.07, 6.45) is 8.19. The molecule has 5 nitrogen and oxygen atoms in total. The van der Waals surface area contributed by atoms with E-state index < -0.39 is 0 Å². The van der Waals surface area contributed by atoms with Crippen molar-refractivity contribution >= 4 is 18.3 Å². The van der Waals surface area contributed by atoms with E-state index in [1.807, 2.05) is 47.4 Å². The maximum absolute atomic E-state index is 12.0. The Bertz CT molecular complexity index is 681. The van der Waals surface area contributed by atoms with Crippen molar-refractivity contribution in [1.82, 2.24) is 20.4 Å². The van der Waals surface area contributed by atoms with Crippen LogP contribution in [0, 0.1) is 0 Å². The third-order valence-corrected chi connectivity index (χ3v) is 3.97. The van der Waals surface area contributed by atoms with Gasteiger partial charge in [-0.3, -0.25) is 4.79 Å². The average Bonchev–Trinajstić information content (AvgIpc) is 3.09. The van der Waals surface area contributed by atoms with E-state index in [0.717, 1.165) is 30.8 Å². The van der Waals surface area contributed by atoms with Crippen molar-refractivity contribution in [1.29, 1.82) is 0 Å². The number of rotatable bonds is 6. The second-order valence-corrected chi connectivity index (χ2v) is 5.72. The molecular weight excluding hydrogens is 324 g/mol. The molecule has 0 radical (unpaired) electrons. The molecule has 0 spiro atoms. The predicted molar refractivity (Wildman–Crippen MR) is 97.7 cm³/mol. The fourth-order valence-electron chi connectivity index (χ4n) is 2.60. The van der Waals surface area contributed by atoms with E-state index >= 15 is 0 Å². The first-order valence-corrected chi connectivity index (χ1v) is 8.05. The van der Waals surface area contributed by atoms with Gasteiger partial charge in [-0.2, -0.15) is 5.10 Å². The third-order valence-electron chi connectivity index (χ3n) is 3.97. The molecule has 24 heavy (non-hydrogen) atoms. The zero-order valence-electron chi connectivity index (χ0n) is 13.6. The molecule has 0 aliphatic carbocycles. The fourth-order valence-corrected chi connectivity index (χ4v) is 2.60. The molecule has 1 aliphatic heterocycles. The number of amides is 1. The normalized spacial score (nSPS) is 13.8. The highest BCUT2D eigenvalue weighted by atomic mass is 35.5. The van der Waals surface area contributed by atoms with Gasteiger partial charge in [0.05, 0.1) is 11.9 Å². The van der Waals surface area contributed by atoms with E-state index in [2.05, 4.69) is 21.8 Å². The molecule has 3 rings (SSSR count). The van der Waals surface area contributed by atoms with Gasteiger partial charge in [-0.15, -0.1) is 12.4 Å². The molecule has 0 saturated heterocycles. The van der Waals surface area contributed by atoms with Crippen LogP contribution in [-0.4, -0.2) is 35.3 Å². The average molecular weight is 347 g/mol. The predicted octanol–water partition coefficient (Wildman–Crippen LogP) is 2.26. The quantitative estimate of drug-likeness (QED) is 0.789. The van der Waals surface area contributed by atoms with Crippen LogP contribution in [-0.2, 0) is 11.2 Å². The number of aromatic nitrogens is 2. The van der Waals surface area contributed by atoms with Crippen molar-refractivity contribution in [3.63, 3.8) is 0 Å². The highest BCUT2D eigenvalue weighted by Gasteiger charge is 2.07. The van der Waals surface area contributed by atoms with Crippen LogP contribution >= 0.6 is 12.4 Å².